The molecule has 0 radical (unpaired) electrons. The number of hydrogen-bond donors (Lipinski definition) is 2. The first kappa shape index (κ1) is 15.5. The molecule has 1 amide bonds. The van der Waals surface area contributed by atoms with Crippen molar-refractivity contribution in [2.24, 2.45) is 0 Å². The second-order valence-corrected chi connectivity index (χ2v) is 6.38. The summed E-state index contributed by atoms with van der Waals surface area (Å²) in [4.78, 5) is 13.0. The van der Waals surface area contributed by atoms with Crippen molar-refractivity contribution in [2.45, 2.75) is 12.5 Å². The third-order valence-electron chi connectivity index (χ3n) is 3.54. The minimum atomic E-state index is -1.07. The van der Waals surface area contributed by atoms with Crippen LogP contribution in [0, 0.1) is 0 Å². The van der Waals surface area contributed by atoms with Crippen molar-refractivity contribution in [1.29, 1.82) is 0 Å². The van der Waals surface area contributed by atoms with Gasteiger partial charge in [0.15, 0.2) is 0 Å². The highest BCUT2D eigenvalue weighted by Gasteiger charge is 2.25. The van der Waals surface area contributed by atoms with E-state index in [9.17, 15) is 9.90 Å². The van der Waals surface area contributed by atoms with E-state index >= 15 is 0 Å². The average molecular weight is 327 g/mol. The lowest BCUT2D eigenvalue weighted by molar-refractivity contribution is 0.0557. The molecule has 0 spiro atoms. The molecule has 0 saturated heterocycles. The normalized spacial score (nSPS) is 13.5. The second-order valence-electron chi connectivity index (χ2n) is 5.43. The van der Waals surface area contributed by atoms with Crippen LogP contribution < -0.4 is 5.32 Å². The van der Waals surface area contributed by atoms with E-state index in [1.807, 2.05) is 41.9 Å². The van der Waals surface area contributed by atoms with E-state index in [0.717, 1.165) is 10.6 Å². The van der Waals surface area contributed by atoms with Crippen LogP contribution in [0.4, 0.5) is 0 Å². The molecule has 0 aliphatic rings. The van der Waals surface area contributed by atoms with Gasteiger partial charge in [-0.25, -0.2) is 4.68 Å². The maximum atomic E-state index is 12.2. The van der Waals surface area contributed by atoms with Crippen molar-refractivity contribution < 1.29 is 9.90 Å². The number of thiophene rings is 1. The molecule has 6 heteroatoms. The largest absolute Gasteiger partial charge is 0.383 e. The number of rotatable bonds is 5. The van der Waals surface area contributed by atoms with Gasteiger partial charge in [-0.05, 0) is 48.7 Å². The molecule has 118 valence electrons. The molecule has 1 atom stereocenters. The smallest absolute Gasteiger partial charge is 0.251 e. The highest BCUT2D eigenvalue weighted by molar-refractivity contribution is 7.10. The van der Waals surface area contributed by atoms with Gasteiger partial charge in [-0.3, -0.25) is 4.79 Å². The van der Waals surface area contributed by atoms with Crippen molar-refractivity contribution in [3.8, 4) is 5.69 Å². The predicted molar refractivity (Wildman–Crippen MR) is 89.8 cm³/mol. The van der Waals surface area contributed by atoms with Crippen LogP contribution in [0.15, 0.2) is 60.2 Å². The third kappa shape index (κ3) is 3.49. The fourth-order valence-electron chi connectivity index (χ4n) is 2.21. The molecule has 5 nitrogen and oxygen atoms in total. The Hall–Kier alpha value is -2.44. The number of aliphatic hydroxyl groups is 1. The van der Waals surface area contributed by atoms with Crippen LogP contribution in [0.3, 0.4) is 0 Å². The van der Waals surface area contributed by atoms with Crippen molar-refractivity contribution >= 4 is 17.2 Å². The zero-order chi connectivity index (χ0) is 16.3. The van der Waals surface area contributed by atoms with Gasteiger partial charge in [0.25, 0.3) is 5.91 Å². The van der Waals surface area contributed by atoms with Gasteiger partial charge in [-0.1, -0.05) is 6.07 Å². The van der Waals surface area contributed by atoms with Gasteiger partial charge in [0, 0.05) is 22.8 Å². The molecule has 0 aliphatic carbocycles. The highest BCUT2D eigenvalue weighted by Crippen LogP contribution is 2.24. The highest BCUT2D eigenvalue weighted by atomic mass is 32.1. The Balaban J connectivity index is 1.64. The Kier molecular flexibility index (Phi) is 4.27. The van der Waals surface area contributed by atoms with Crippen molar-refractivity contribution in [3.05, 3.63) is 70.7 Å². The molecular formula is C17H17N3O2S. The van der Waals surface area contributed by atoms with Gasteiger partial charge in [0.1, 0.15) is 5.60 Å². The lowest BCUT2D eigenvalue weighted by Gasteiger charge is -2.22. The van der Waals surface area contributed by atoms with Gasteiger partial charge in [0.05, 0.1) is 12.2 Å². The van der Waals surface area contributed by atoms with E-state index in [1.165, 1.54) is 11.3 Å². The Labute approximate surface area is 138 Å². The third-order valence-corrected chi connectivity index (χ3v) is 4.67. The fraction of sp³-hybridized carbons (Fsp3) is 0.176. The number of amides is 1. The fourth-order valence-corrected chi connectivity index (χ4v) is 3.00. The van der Waals surface area contributed by atoms with Crippen LogP contribution in [-0.2, 0) is 5.60 Å². The molecule has 2 heterocycles. The maximum Gasteiger partial charge on any atom is 0.251 e. The molecular weight excluding hydrogens is 310 g/mol. The quantitative estimate of drug-likeness (QED) is 0.757. The summed E-state index contributed by atoms with van der Waals surface area (Å²) in [7, 11) is 0. The number of carbonyl (C=O) groups is 1. The van der Waals surface area contributed by atoms with E-state index in [0.29, 0.717) is 5.56 Å². The predicted octanol–water partition coefficient (Wildman–Crippen LogP) is 2.57. The van der Waals surface area contributed by atoms with E-state index < -0.39 is 5.60 Å². The lowest BCUT2D eigenvalue weighted by Crippen LogP contribution is -2.38. The monoisotopic (exact) mass is 327 g/mol. The molecule has 0 saturated carbocycles. The summed E-state index contributed by atoms with van der Waals surface area (Å²) in [6.45, 7) is 1.85. The van der Waals surface area contributed by atoms with Crippen LogP contribution in [0.1, 0.15) is 22.2 Å². The zero-order valence-corrected chi connectivity index (χ0v) is 13.5. The van der Waals surface area contributed by atoms with E-state index in [1.54, 1.807) is 29.9 Å². The number of nitrogens with zero attached hydrogens (tertiary/aromatic N) is 2. The number of aromatic nitrogens is 2. The summed E-state index contributed by atoms with van der Waals surface area (Å²) in [6, 6.07) is 12.7. The number of nitrogens with one attached hydrogen (secondary N) is 1. The maximum absolute atomic E-state index is 12.2. The molecule has 2 aromatic heterocycles. The summed E-state index contributed by atoms with van der Waals surface area (Å²) in [5, 5.41) is 19.2. The topological polar surface area (TPSA) is 67.2 Å². The van der Waals surface area contributed by atoms with E-state index in [-0.39, 0.29) is 12.5 Å². The summed E-state index contributed by atoms with van der Waals surface area (Å²) < 4.78 is 1.73. The SMILES string of the molecule is CC(O)(CNC(=O)c1ccc(-n2cccn2)cc1)c1cccs1. The Bertz CT molecular complexity index is 763. The standard InChI is InChI=1S/C17H17N3O2S/c1-17(22,15-4-2-11-23-15)12-18-16(21)13-5-7-14(8-6-13)20-10-3-9-19-20/h2-11,22H,12H2,1H3,(H,18,21). The minimum absolute atomic E-state index is 0.160. The molecule has 2 N–H and O–H groups in total. The van der Waals surface area contributed by atoms with Crippen molar-refractivity contribution in [1.82, 2.24) is 15.1 Å². The summed E-state index contributed by atoms with van der Waals surface area (Å²) >= 11 is 1.47. The minimum Gasteiger partial charge on any atom is -0.383 e. The van der Waals surface area contributed by atoms with Crippen molar-refractivity contribution in [3.63, 3.8) is 0 Å². The van der Waals surface area contributed by atoms with Gasteiger partial charge >= 0.3 is 0 Å². The Morgan fingerprint density at radius 2 is 2.09 bits per heavy atom. The van der Waals surface area contributed by atoms with Crippen LogP contribution in [-0.4, -0.2) is 27.3 Å². The molecule has 0 fully saturated rings. The lowest BCUT2D eigenvalue weighted by atomic mass is 10.0. The first-order valence-corrected chi connectivity index (χ1v) is 8.09. The zero-order valence-electron chi connectivity index (χ0n) is 12.6. The number of hydrogen-bond acceptors (Lipinski definition) is 4. The first-order valence-electron chi connectivity index (χ1n) is 7.21. The molecule has 3 rings (SSSR count). The molecule has 0 aliphatic heterocycles. The molecule has 23 heavy (non-hydrogen) atoms. The Morgan fingerprint density at radius 3 is 2.70 bits per heavy atom. The number of carbonyl (C=O) groups excluding carboxylic acids is 1. The molecule has 0 bridgehead atoms. The average Bonchev–Trinajstić information content (AvgIpc) is 3.26. The van der Waals surface area contributed by atoms with Gasteiger partial charge in [-0.15, -0.1) is 11.3 Å². The van der Waals surface area contributed by atoms with Crippen LogP contribution in [0.2, 0.25) is 0 Å². The van der Waals surface area contributed by atoms with Gasteiger partial charge < -0.3 is 10.4 Å². The van der Waals surface area contributed by atoms with Crippen LogP contribution in [0.25, 0.3) is 5.69 Å². The molecule has 1 unspecified atom stereocenters. The van der Waals surface area contributed by atoms with E-state index in [2.05, 4.69) is 10.4 Å². The van der Waals surface area contributed by atoms with E-state index in [4.69, 9.17) is 0 Å². The number of benzene rings is 1. The summed E-state index contributed by atoms with van der Waals surface area (Å²) in [5.74, 6) is -0.214. The van der Waals surface area contributed by atoms with Crippen LogP contribution in [0.5, 0.6) is 0 Å². The van der Waals surface area contributed by atoms with Gasteiger partial charge in [-0.2, -0.15) is 5.10 Å². The summed E-state index contributed by atoms with van der Waals surface area (Å²) in [6.07, 6.45) is 3.54. The van der Waals surface area contributed by atoms with Crippen molar-refractivity contribution in [2.75, 3.05) is 6.54 Å². The molecule has 3 aromatic rings. The van der Waals surface area contributed by atoms with Gasteiger partial charge in [0.2, 0.25) is 0 Å². The molecule has 1 aromatic carbocycles. The first-order chi connectivity index (χ1) is 11.1. The van der Waals surface area contributed by atoms with Crippen LogP contribution >= 0.6 is 11.3 Å². The Morgan fingerprint density at radius 1 is 1.30 bits per heavy atom. The second kappa shape index (κ2) is 6.36. The summed E-state index contributed by atoms with van der Waals surface area (Å²) in [5.41, 5.74) is 0.360.